The van der Waals surface area contributed by atoms with Crippen molar-refractivity contribution in [2.45, 2.75) is 18.9 Å². The summed E-state index contributed by atoms with van der Waals surface area (Å²) in [5, 5.41) is 3.43. The summed E-state index contributed by atoms with van der Waals surface area (Å²) in [4.78, 5) is 13.2. The Bertz CT molecular complexity index is 811. The van der Waals surface area contributed by atoms with Crippen molar-refractivity contribution in [3.05, 3.63) is 36.8 Å². The van der Waals surface area contributed by atoms with Gasteiger partial charge in [0.15, 0.2) is 11.5 Å². The quantitative estimate of drug-likeness (QED) is 0.787. The Morgan fingerprint density at radius 3 is 2.83 bits per heavy atom. The third-order valence-corrected chi connectivity index (χ3v) is 4.21. The van der Waals surface area contributed by atoms with E-state index in [0.29, 0.717) is 17.5 Å². The lowest BCUT2D eigenvalue weighted by atomic mass is 10.2. The van der Waals surface area contributed by atoms with Crippen LogP contribution in [-0.4, -0.2) is 38.7 Å². The number of aryl methyl sites for hydroxylation is 1. The minimum atomic E-state index is 0. The minimum absolute atomic E-state index is 0. The van der Waals surface area contributed by atoms with Gasteiger partial charge >= 0.3 is 0 Å². The lowest BCUT2D eigenvalue weighted by Gasteiger charge is -2.12. The Morgan fingerprint density at radius 1 is 1.25 bits per heavy atom. The highest BCUT2D eigenvalue weighted by Crippen LogP contribution is 2.21. The standard InChI is InChI=1S/C17H19N5O.ClH/c1-22-11-20-17-15(22)9-19-16(21-17)12-4-6-14(7-5-12)23-10-13-3-2-8-18-13;/h4-7,9,11,13,18H,2-3,8,10H2,1H3;1H. The van der Waals surface area contributed by atoms with Crippen molar-refractivity contribution in [2.75, 3.05) is 13.2 Å². The maximum absolute atomic E-state index is 5.84. The number of nitrogens with zero attached hydrogens (tertiary/aromatic N) is 4. The van der Waals surface area contributed by atoms with Crippen LogP contribution in [0.4, 0.5) is 0 Å². The molecule has 6 nitrogen and oxygen atoms in total. The molecule has 2 aromatic heterocycles. The van der Waals surface area contributed by atoms with E-state index in [9.17, 15) is 0 Å². The molecule has 0 aliphatic carbocycles. The fourth-order valence-corrected chi connectivity index (χ4v) is 2.85. The third-order valence-electron chi connectivity index (χ3n) is 4.21. The summed E-state index contributed by atoms with van der Waals surface area (Å²) in [5.41, 5.74) is 2.60. The van der Waals surface area contributed by atoms with Gasteiger partial charge in [0.25, 0.3) is 0 Å². The first-order valence-corrected chi connectivity index (χ1v) is 7.90. The van der Waals surface area contributed by atoms with E-state index < -0.39 is 0 Å². The molecule has 4 rings (SSSR count). The maximum Gasteiger partial charge on any atom is 0.181 e. The molecule has 0 spiro atoms. The highest BCUT2D eigenvalue weighted by Gasteiger charge is 2.14. The summed E-state index contributed by atoms with van der Waals surface area (Å²) < 4.78 is 7.75. The van der Waals surface area contributed by atoms with Gasteiger partial charge < -0.3 is 14.6 Å². The van der Waals surface area contributed by atoms with Gasteiger partial charge in [-0.3, -0.25) is 0 Å². The first kappa shape index (κ1) is 16.7. The summed E-state index contributed by atoms with van der Waals surface area (Å²) in [6.45, 7) is 1.82. The number of halogens is 1. The maximum atomic E-state index is 5.84. The average molecular weight is 346 g/mol. The monoisotopic (exact) mass is 345 g/mol. The van der Waals surface area contributed by atoms with Crippen molar-refractivity contribution in [1.82, 2.24) is 24.8 Å². The Morgan fingerprint density at radius 2 is 2.08 bits per heavy atom. The van der Waals surface area contributed by atoms with Crippen LogP contribution >= 0.6 is 12.4 Å². The summed E-state index contributed by atoms with van der Waals surface area (Å²) in [6, 6.07) is 8.39. The molecule has 7 heteroatoms. The fourth-order valence-electron chi connectivity index (χ4n) is 2.85. The van der Waals surface area contributed by atoms with E-state index >= 15 is 0 Å². The van der Waals surface area contributed by atoms with Crippen LogP contribution in [0.1, 0.15) is 12.8 Å². The van der Waals surface area contributed by atoms with Crippen LogP contribution in [0.5, 0.6) is 5.75 Å². The van der Waals surface area contributed by atoms with Crippen molar-refractivity contribution >= 4 is 23.6 Å². The van der Waals surface area contributed by atoms with E-state index in [2.05, 4.69) is 20.3 Å². The minimum Gasteiger partial charge on any atom is -0.492 e. The molecule has 1 aliphatic rings. The number of rotatable bonds is 4. The SMILES string of the molecule is Cl.Cn1cnc2nc(-c3ccc(OCC4CCCN4)cc3)ncc21. The molecule has 0 bridgehead atoms. The van der Waals surface area contributed by atoms with Crippen molar-refractivity contribution < 1.29 is 4.74 Å². The van der Waals surface area contributed by atoms with Crippen LogP contribution in [0.2, 0.25) is 0 Å². The van der Waals surface area contributed by atoms with Crippen molar-refractivity contribution in [3.63, 3.8) is 0 Å². The van der Waals surface area contributed by atoms with Gasteiger partial charge in [0, 0.05) is 18.7 Å². The van der Waals surface area contributed by atoms with E-state index in [-0.39, 0.29) is 12.4 Å². The zero-order valence-corrected chi connectivity index (χ0v) is 14.3. The molecule has 1 unspecified atom stereocenters. The first-order chi connectivity index (χ1) is 11.3. The molecule has 1 fully saturated rings. The molecule has 0 amide bonds. The van der Waals surface area contributed by atoms with Crippen LogP contribution in [-0.2, 0) is 7.05 Å². The molecule has 126 valence electrons. The zero-order chi connectivity index (χ0) is 15.6. The summed E-state index contributed by atoms with van der Waals surface area (Å²) in [6.07, 6.45) is 5.98. The normalized spacial score (nSPS) is 17.0. The van der Waals surface area contributed by atoms with Gasteiger partial charge in [0.05, 0.1) is 12.5 Å². The molecule has 1 N–H and O–H groups in total. The molecule has 3 heterocycles. The Balaban J connectivity index is 0.00000169. The van der Waals surface area contributed by atoms with Crippen molar-refractivity contribution in [3.8, 4) is 17.1 Å². The lowest BCUT2D eigenvalue weighted by molar-refractivity contribution is 0.277. The van der Waals surface area contributed by atoms with Gasteiger partial charge in [-0.2, -0.15) is 0 Å². The van der Waals surface area contributed by atoms with Gasteiger partial charge in [-0.15, -0.1) is 12.4 Å². The van der Waals surface area contributed by atoms with Gasteiger partial charge in [-0.05, 0) is 43.7 Å². The molecule has 1 saturated heterocycles. The molecule has 0 saturated carbocycles. The van der Waals surface area contributed by atoms with Crippen molar-refractivity contribution in [1.29, 1.82) is 0 Å². The molecule has 3 aromatic rings. The molecule has 1 aromatic carbocycles. The lowest BCUT2D eigenvalue weighted by Crippen LogP contribution is -2.28. The van der Waals surface area contributed by atoms with Crippen LogP contribution < -0.4 is 10.1 Å². The van der Waals surface area contributed by atoms with E-state index in [0.717, 1.165) is 30.0 Å². The second-order valence-corrected chi connectivity index (χ2v) is 5.89. The molecular weight excluding hydrogens is 326 g/mol. The molecule has 1 aliphatic heterocycles. The number of aromatic nitrogens is 4. The molecule has 24 heavy (non-hydrogen) atoms. The Kier molecular flexibility index (Phi) is 4.97. The van der Waals surface area contributed by atoms with E-state index in [1.165, 1.54) is 12.8 Å². The van der Waals surface area contributed by atoms with Crippen LogP contribution in [0, 0.1) is 0 Å². The summed E-state index contributed by atoms with van der Waals surface area (Å²) >= 11 is 0. The molecule has 1 atom stereocenters. The predicted octanol–water partition coefficient (Wildman–Crippen LogP) is 2.58. The van der Waals surface area contributed by atoms with E-state index in [1.807, 2.05) is 35.9 Å². The van der Waals surface area contributed by atoms with Gasteiger partial charge in [-0.25, -0.2) is 15.0 Å². The summed E-state index contributed by atoms with van der Waals surface area (Å²) in [5.74, 6) is 1.56. The Labute approximate surface area is 146 Å². The van der Waals surface area contributed by atoms with Gasteiger partial charge in [0.1, 0.15) is 17.9 Å². The first-order valence-electron chi connectivity index (χ1n) is 7.90. The van der Waals surface area contributed by atoms with Crippen LogP contribution in [0.15, 0.2) is 36.8 Å². The number of imidazole rings is 1. The van der Waals surface area contributed by atoms with E-state index in [4.69, 9.17) is 4.74 Å². The second-order valence-electron chi connectivity index (χ2n) is 5.89. The highest BCUT2D eigenvalue weighted by molar-refractivity contribution is 5.85. The number of fused-ring (bicyclic) bond motifs is 1. The average Bonchev–Trinajstić information content (AvgIpc) is 3.23. The van der Waals surface area contributed by atoms with Gasteiger partial charge in [0.2, 0.25) is 0 Å². The highest BCUT2D eigenvalue weighted by atomic mass is 35.5. The smallest absolute Gasteiger partial charge is 0.181 e. The second kappa shape index (κ2) is 7.15. The van der Waals surface area contributed by atoms with Gasteiger partial charge in [-0.1, -0.05) is 0 Å². The number of ether oxygens (including phenoxy) is 1. The van der Waals surface area contributed by atoms with Crippen molar-refractivity contribution in [2.24, 2.45) is 7.05 Å². The third kappa shape index (κ3) is 3.34. The van der Waals surface area contributed by atoms with E-state index in [1.54, 1.807) is 12.5 Å². The topological polar surface area (TPSA) is 64.9 Å². The predicted molar refractivity (Wildman–Crippen MR) is 95.5 cm³/mol. The molecular formula is C17H20ClN5O. The fraction of sp³-hybridized carbons (Fsp3) is 0.353. The number of nitrogens with one attached hydrogen (secondary N) is 1. The number of hydrogen-bond acceptors (Lipinski definition) is 5. The Hall–Kier alpha value is -2.18. The number of hydrogen-bond donors (Lipinski definition) is 1. The van der Waals surface area contributed by atoms with Crippen LogP contribution in [0.3, 0.4) is 0 Å². The largest absolute Gasteiger partial charge is 0.492 e. The molecule has 0 radical (unpaired) electrons. The summed E-state index contributed by atoms with van der Waals surface area (Å²) in [7, 11) is 1.93. The zero-order valence-electron chi connectivity index (χ0n) is 13.5. The van der Waals surface area contributed by atoms with Crippen LogP contribution in [0.25, 0.3) is 22.6 Å². The number of benzene rings is 1.